The van der Waals surface area contributed by atoms with E-state index in [-0.39, 0.29) is 11.4 Å². The maximum atomic E-state index is 13.1. The third-order valence-corrected chi connectivity index (χ3v) is 5.08. The molecule has 152 valence electrons. The van der Waals surface area contributed by atoms with Crippen LogP contribution in [0, 0.1) is 0 Å². The van der Waals surface area contributed by atoms with Crippen molar-refractivity contribution in [2.24, 2.45) is 0 Å². The van der Waals surface area contributed by atoms with E-state index < -0.39 is 11.7 Å². The third-order valence-electron chi connectivity index (χ3n) is 4.84. The Kier molecular flexibility index (Phi) is 5.03. The molecule has 3 aromatic carbocycles. The maximum absolute atomic E-state index is 13.1. The molecule has 1 aliphatic rings. The molecule has 0 fully saturated rings. The van der Waals surface area contributed by atoms with E-state index in [1.54, 1.807) is 42.5 Å². The minimum absolute atomic E-state index is 0.270. The Morgan fingerprint density at radius 3 is 2.23 bits per heavy atom. The van der Waals surface area contributed by atoms with Gasteiger partial charge in [-0.3, -0.25) is 4.79 Å². The van der Waals surface area contributed by atoms with E-state index in [4.69, 9.17) is 16.3 Å². The molecule has 0 bridgehead atoms. The molecule has 3 aromatic rings. The lowest BCUT2D eigenvalue weighted by atomic mass is 10.00. The van der Waals surface area contributed by atoms with Crippen LogP contribution in [0.25, 0.3) is 11.3 Å². The minimum atomic E-state index is -4.45. The van der Waals surface area contributed by atoms with Crippen LogP contribution in [-0.2, 0) is 6.18 Å². The lowest BCUT2D eigenvalue weighted by Gasteiger charge is -2.15. The summed E-state index contributed by atoms with van der Waals surface area (Å²) in [6.07, 6.45) is -4.45. The molecule has 0 aromatic heterocycles. The molecule has 0 saturated carbocycles. The van der Waals surface area contributed by atoms with E-state index in [1.165, 1.54) is 19.2 Å². The van der Waals surface area contributed by atoms with Crippen molar-refractivity contribution >= 4 is 34.3 Å². The predicted octanol–water partition coefficient (Wildman–Crippen LogP) is 6.54. The second kappa shape index (κ2) is 7.54. The highest BCUT2D eigenvalue weighted by Gasteiger charge is 2.33. The van der Waals surface area contributed by atoms with Crippen LogP contribution >= 0.6 is 11.6 Å². The first-order chi connectivity index (χ1) is 14.3. The van der Waals surface area contributed by atoms with Gasteiger partial charge in [0.15, 0.2) is 5.78 Å². The van der Waals surface area contributed by atoms with Gasteiger partial charge in [0.05, 0.1) is 29.6 Å². The number of anilines is 1. The number of rotatable bonds is 4. The van der Waals surface area contributed by atoms with Gasteiger partial charge in [-0.1, -0.05) is 48.0 Å². The van der Waals surface area contributed by atoms with Crippen molar-refractivity contribution in [1.82, 2.24) is 0 Å². The molecule has 30 heavy (non-hydrogen) atoms. The molecule has 3 nitrogen and oxygen atoms in total. The predicted molar refractivity (Wildman–Crippen MR) is 111 cm³/mol. The zero-order chi connectivity index (χ0) is 21.5. The van der Waals surface area contributed by atoms with Gasteiger partial charge < -0.3 is 10.1 Å². The van der Waals surface area contributed by atoms with Gasteiger partial charge in [0, 0.05) is 16.1 Å². The lowest BCUT2D eigenvalue weighted by molar-refractivity contribution is -0.137. The molecular weight excluding hydrogens is 415 g/mol. The largest absolute Gasteiger partial charge is 0.495 e. The summed E-state index contributed by atoms with van der Waals surface area (Å²) >= 11 is 6.12. The summed E-state index contributed by atoms with van der Waals surface area (Å²) < 4.78 is 44.2. The first-order valence-corrected chi connectivity index (χ1v) is 9.34. The van der Waals surface area contributed by atoms with Gasteiger partial charge in [-0.05, 0) is 35.9 Å². The Morgan fingerprint density at radius 1 is 0.933 bits per heavy atom. The molecule has 0 spiro atoms. The summed E-state index contributed by atoms with van der Waals surface area (Å²) in [5.41, 5.74) is 2.03. The smallest absolute Gasteiger partial charge is 0.416 e. The maximum Gasteiger partial charge on any atom is 0.416 e. The minimum Gasteiger partial charge on any atom is -0.495 e. The number of allylic oxidation sites excluding steroid dienone is 1. The number of carbonyl (C=O) groups excluding carboxylic acids is 1. The molecule has 0 saturated heterocycles. The summed E-state index contributed by atoms with van der Waals surface area (Å²) in [5, 5.41) is 3.67. The molecule has 0 aliphatic heterocycles. The van der Waals surface area contributed by atoms with Crippen LogP contribution in [0.4, 0.5) is 18.9 Å². The fourth-order valence-electron chi connectivity index (χ4n) is 3.43. The van der Waals surface area contributed by atoms with Crippen molar-refractivity contribution in [2.45, 2.75) is 6.18 Å². The second-order valence-electron chi connectivity index (χ2n) is 6.67. The molecule has 0 amide bonds. The highest BCUT2D eigenvalue weighted by atomic mass is 35.5. The number of Topliss-reactive ketones (excluding diaryl/α,β-unsaturated/α-hetero) is 1. The number of carbonyl (C=O) groups is 1. The number of nitrogens with one attached hydrogen (secondary N) is 1. The van der Waals surface area contributed by atoms with Crippen molar-refractivity contribution < 1.29 is 22.7 Å². The number of ketones is 1. The Labute approximate surface area is 175 Å². The molecular formula is C23H15ClF3NO2. The average Bonchev–Trinajstić information content (AvgIpc) is 3.00. The normalized spacial score (nSPS) is 13.4. The first kappa shape index (κ1) is 20.0. The Balaban J connectivity index is 1.87. The number of hydrogen-bond donors (Lipinski definition) is 1. The zero-order valence-electron chi connectivity index (χ0n) is 15.7. The number of alkyl halides is 3. The van der Waals surface area contributed by atoms with E-state index in [9.17, 15) is 18.0 Å². The van der Waals surface area contributed by atoms with E-state index in [1.807, 2.05) is 0 Å². The molecule has 0 heterocycles. The van der Waals surface area contributed by atoms with E-state index in [0.717, 1.165) is 12.1 Å². The Bertz CT molecular complexity index is 1170. The highest BCUT2D eigenvalue weighted by Crippen LogP contribution is 2.41. The number of methoxy groups -OCH3 is 1. The Morgan fingerprint density at radius 2 is 1.60 bits per heavy atom. The third kappa shape index (κ3) is 3.55. The van der Waals surface area contributed by atoms with Crippen LogP contribution in [0.15, 0.2) is 66.7 Å². The molecule has 1 N–H and O–H groups in total. The van der Waals surface area contributed by atoms with Crippen LogP contribution < -0.4 is 10.1 Å². The van der Waals surface area contributed by atoms with Crippen molar-refractivity contribution in [1.29, 1.82) is 0 Å². The van der Waals surface area contributed by atoms with Gasteiger partial charge in [0.2, 0.25) is 0 Å². The summed E-state index contributed by atoms with van der Waals surface area (Å²) in [5.74, 6) is 0.240. The second-order valence-corrected chi connectivity index (χ2v) is 7.11. The summed E-state index contributed by atoms with van der Waals surface area (Å²) in [4.78, 5) is 13.1. The first-order valence-electron chi connectivity index (χ1n) is 8.96. The number of halogens is 4. The number of fused-ring (bicyclic) bond motifs is 1. The quantitative estimate of drug-likeness (QED) is 0.511. The van der Waals surface area contributed by atoms with Crippen molar-refractivity contribution in [2.75, 3.05) is 12.4 Å². The summed E-state index contributed by atoms with van der Waals surface area (Å²) in [6, 6.07) is 16.6. The molecule has 7 heteroatoms. The molecule has 0 atom stereocenters. The molecule has 0 radical (unpaired) electrons. The zero-order valence-corrected chi connectivity index (χ0v) is 16.4. The van der Waals surface area contributed by atoms with E-state index >= 15 is 0 Å². The molecule has 1 aliphatic carbocycles. The molecule has 4 rings (SSSR count). The van der Waals surface area contributed by atoms with Crippen LogP contribution in [0.1, 0.15) is 27.0 Å². The number of hydrogen-bond acceptors (Lipinski definition) is 3. The monoisotopic (exact) mass is 429 g/mol. The Hall–Kier alpha value is -3.25. The molecule has 0 unspecified atom stereocenters. The van der Waals surface area contributed by atoms with Gasteiger partial charge in [0.25, 0.3) is 0 Å². The lowest BCUT2D eigenvalue weighted by Crippen LogP contribution is -2.06. The standard InChI is InChI=1S/C23H15ClF3NO2/c1-30-19-11-10-15(24)12-18(19)28-21-16-4-2-3-5-17(16)22(29)20(21)13-6-8-14(9-7-13)23(25,26)27/h2-12,28H,1H3. The summed E-state index contributed by atoms with van der Waals surface area (Å²) in [7, 11) is 1.51. The van der Waals surface area contributed by atoms with Crippen LogP contribution in [0.5, 0.6) is 5.75 Å². The van der Waals surface area contributed by atoms with Crippen LogP contribution in [0.3, 0.4) is 0 Å². The topological polar surface area (TPSA) is 38.3 Å². The number of benzene rings is 3. The summed E-state index contributed by atoms with van der Waals surface area (Å²) in [6.45, 7) is 0. The van der Waals surface area contributed by atoms with E-state index in [0.29, 0.717) is 38.8 Å². The van der Waals surface area contributed by atoms with Crippen molar-refractivity contribution in [3.8, 4) is 5.75 Å². The van der Waals surface area contributed by atoms with Gasteiger partial charge in [-0.25, -0.2) is 0 Å². The number of ether oxygens (including phenoxy) is 1. The van der Waals surface area contributed by atoms with Crippen LogP contribution in [-0.4, -0.2) is 12.9 Å². The van der Waals surface area contributed by atoms with Crippen molar-refractivity contribution in [3.63, 3.8) is 0 Å². The highest BCUT2D eigenvalue weighted by molar-refractivity contribution is 6.40. The fraction of sp³-hybridized carbons (Fsp3) is 0.0870. The fourth-order valence-corrected chi connectivity index (χ4v) is 3.60. The average molecular weight is 430 g/mol. The van der Waals surface area contributed by atoms with Crippen molar-refractivity contribution in [3.05, 3.63) is 94.0 Å². The van der Waals surface area contributed by atoms with Gasteiger partial charge in [0.1, 0.15) is 5.75 Å². The van der Waals surface area contributed by atoms with E-state index in [2.05, 4.69) is 5.32 Å². The van der Waals surface area contributed by atoms with Crippen LogP contribution in [0.2, 0.25) is 5.02 Å². The SMILES string of the molecule is COc1ccc(Cl)cc1NC1=C(c2ccc(C(F)(F)F)cc2)C(=O)c2ccccc21. The van der Waals surface area contributed by atoms with Gasteiger partial charge >= 0.3 is 6.18 Å². The van der Waals surface area contributed by atoms with Gasteiger partial charge in [-0.15, -0.1) is 0 Å². The van der Waals surface area contributed by atoms with Gasteiger partial charge in [-0.2, -0.15) is 13.2 Å².